The van der Waals surface area contributed by atoms with Gasteiger partial charge in [-0.25, -0.2) is 0 Å². The van der Waals surface area contributed by atoms with E-state index in [4.69, 9.17) is 0 Å². The van der Waals surface area contributed by atoms with Crippen molar-refractivity contribution >= 4 is 5.97 Å². The summed E-state index contributed by atoms with van der Waals surface area (Å²) in [7, 11) is 0. The second kappa shape index (κ2) is 6.36. The summed E-state index contributed by atoms with van der Waals surface area (Å²) in [5.74, 6) is -0.599. The number of benzene rings is 2. The molecule has 1 aliphatic carbocycles. The molecule has 0 aliphatic heterocycles. The third-order valence-corrected chi connectivity index (χ3v) is 4.50. The Morgan fingerprint density at radius 3 is 2.12 bits per heavy atom. The molecule has 3 nitrogen and oxygen atoms in total. The molecule has 0 saturated carbocycles. The lowest BCUT2D eigenvalue weighted by Gasteiger charge is -2.27. The fourth-order valence-corrected chi connectivity index (χ4v) is 2.97. The van der Waals surface area contributed by atoms with Crippen LogP contribution in [0.3, 0.4) is 0 Å². The Balaban J connectivity index is 1.84. The third kappa shape index (κ3) is 3.25. The number of carbonyl (C=O) groups is 1. The van der Waals surface area contributed by atoms with Crippen molar-refractivity contribution in [1.82, 2.24) is 0 Å². The summed E-state index contributed by atoms with van der Waals surface area (Å²) in [5, 5.41) is 19.1. The van der Waals surface area contributed by atoms with Crippen LogP contribution < -0.4 is 0 Å². The molecule has 1 aliphatic rings. The molecule has 3 rings (SSSR count). The number of allylic oxidation sites excluding steroid dienone is 2. The predicted molar refractivity (Wildman–Crippen MR) is 94.1 cm³/mol. The summed E-state index contributed by atoms with van der Waals surface area (Å²) < 4.78 is 0. The van der Waals surface area contributed by atoms with E-state index >= 15 is 0 Å². The highest BCUT2D eigenvalue weighted by molar-refractivity contribution is 5.80. The third-order valence-electron chi connectivity index (χ3n) is 4.50. The largest absolute Gasteiger partial charge is 0.508 e. The number of phenols is 1. The zero-order valence-electron chi connectivity index (χ0n) is 13.5. The van der Waals surface area contributed by atoms with E-state index < -0.39 is 11.4 Å². The number of carboxylic acids is 1. The normalized spacial score (nSPS) is 22.5. The maximum Gasteiger partial charge on any atom is 0.317 e. The number of aliphatic carboxylic acids is 1. The fraction of sp³-hybridized carbons (Fsp3) is 0.190. The van der Waals surface area contributed by atoms with Gasteiger partial charge in [0, 0.05) is 5.92 Å². The lowest BCUT2D eigenvalue weighted by atomic mass is 9.76. The summed E-state index contributed by atoms with van der Waals surface area (Å²) in [4.78, 5) is 11.9. The number of rotatable bonds is 4. The van der Waals surface area contributed by atoms with Gasteiger partial charge in [0.1, 0.15) is 11.2 Å². The average Bonchev–Trinajstić information content (AvgIpc) is 2.58. The molecule has 2 aromatic rings. The summed E-state index contributed by atoms with van der Waals surface area (Å²) in [6, 6.07) is 14.9. The van der Waals surface area contributed by atoms with Crippen LogP contribution >= 0.6 is 0 Å². The molecule has 0 unspecified atom stereocenters. The van der Waals surface area contributed by atoms with Crippen molar-refractivity contribution < 1.29 is 15.0 Å². The van der Waals surface area contributed by atoms with Crippen LogP contribution in [-0.4, -0.2) is 16.2 Å². The Labute approximate surface area is 141 Å². The topological polar surface area (TPSA) is 57.5 Å². The monoisotopic (exact) mass is 320 g/mol. The van der Waals surface area contributed by atoms with Crippen LogP contribution in [0.1, 0.15) is 22.6 Å². The molecule has 24 heavy (non-hydrogen) atoms. The molecule has 0 saturated heterocycles. The van der Waals surface area contributed by atoms with Crippen molar-refractivity contribution in [1.29, 1.82) is 0 Å². The smallest absolute Gasteiger partial charge is 0.317 e. The van der Waals surface area contributed by atoms with Gasteiger partial charge >= 0.3 is 5.97 Å². The molecule has 0 bridgehead atoms. The Bertz CT molecular complexity index is 769. The van der Waals surface area contributed by atoms with Gasteiger partial charge < -0.3 is 10.2 Å². The Kier molecular flexibility index (Phi) is 4.26. The van der Waals surface area contributed by atoms with Crippen molar-refractivity contribution in [2.45, 2.75) is 19.3 Å². The standard InChI is InChI=1S/C21H20O3/c1-15-2-4-16(5-3-15)14-21(20(23)24)12-10-18(11-13-21)17-6-8-19(22)9-7-17/h2-13,18,22H,14H2,1H3,(H,23,24). The van der Waals surface area contributed by atoms with Gasteiger partial charge in [0.25, 0.3) is 0 Å². The van der Waals surface area contributed by atoms with Crippen LogP contribution in [0.5, 0.6) is 5.75 Å². The van der Waals surface area contributed by atoms with Gasteiger partial charge in [0.2, 0.25) is 0 Å². The maximum absolute atomic E-state index is 11.9. The van der Waals surface area contributed by atoms with Gasteiger partial charge in [-0.1, -0.05) is 66.3 Å². The Morgan fingerprint density at radius 2 is 1.58 bits per heavy atom. The van der Waals surface area contributed by atoms with Crippen LogP contribution in [0.4, 0.5) is 0 Å². The van der Waals surface area contributed by atoms with Crippen molar-refractivity contribution in [3.8, 4) is 5.75 Å². The number of aryl methyl sites for hydroxylation is 1. The van der Waals surface area contributed by atoms with Gasteiger partial charge in [-0.2, -0.15) is 0 Å². The lowest BCUT2D eigenvalue weighted by Crippen LogP contribution is -2.31. The van der Waals surface area contributed by atoms with Crippen LogP contribution in [-0.2, 0) is 11.2 Å². The lowest BCUT2D eigenvalue weighted by molar-refractivity contribution is -0.143. The van der Waals surface area contributed by atoms with Gasteiger partial charge in [0.15, 0.2) is 0 Å². The highest BCUT2D eigenvalue weighted by Gasteiger charge is 2.35. The molecule has 2 N–H and O–H groups in total. The molecule has 122 valence electrons. The second-order valence-corrected chi connectivity index (χ2v) is 6.34. The maximum atomic E-state index is 11.9. The summed E-state index contributed by atoms with van der Waals surface area (Å²) in [6.07, 6.45) is 7.85. The van der Waals surface area contributed by atoms with Crippen LogP contribution in [0.25, 0.3) is 0 Å². The predicted octanol–water partition coefficient (Wildman–Crippen LogP) is 4.22. The number of phenolic OH excluding ortho intramolecular Hbond substituents is 1. The Morgan fingerprint density at radius 1 is 1.00 bits per heavy atom. The summed E-state index contributed by atoms with van der Waals surface area (Å²) in [6.45, 7) is 2.01. The molecule has 0 spiro atoms. The highest BCUT2D eigenvalue weighted by atomic mass is 16.4. The summed E-state index contributed by atoms with van der Waals surface area (Å²) >= 11 is 0. The molecule has 2 aromatic carbocycles. The number of aromatic hydroxyl groups is 1. The van der Waals surface area contributed by atoms with E-state index in [-0.39, 0.29) is 11.7 Å². The quantitative estimate of drug-likeness (QED) is 0.829. The van der Waals surface area contributed by atoms with E-state index in [1.165, 1.54) is 0 Å². The number of carboxylic acid groups (broad SMARTS) is 1. The van der Waals surface area contributed by atoms with Crippen LogP contribution in [0.2, 0.25) is 0 Å². The fourth-order valence-electron chi connectivity index (χ4n) is 2.97. The summed E-state index contributed by atoms with van der Waals surface area (Å²) in [5.41, 5.74) is 2.17. The first-order valence-corrected chi connectivity index (χ1v) is 7.95. The first-order chi connectivity index (χ1) is 11.5. The zero-order valence-corrected chi connectivity index (χ0v) is 13.5. The van der Waals surface area contributed by atoms with Crippen LogP contribution in [0.15, 0.2) is 72.8 Å². The van der Waals surface area contributed by atoms with E-state index in [0.29, 0.717) is 6.42 Å². The van der Waals surface area contributed by atoms with E-state index in [9.17, 15) is 15.0 Å². The molecule has 0 amide bonds. The number of hydrogen-bond acceptors (Lipinski definition) is 2. The second-order valence-electron chi connectivity index (χ2n) is 6.34. The first kappa shape index (κ1) is 16.1. The molecule has 3 heteroatoms. The molecule has 0 radical (unpaired) electrons. The van der Waals surface area contributed by atoms with Gasteiger partial charge in [-0.05, 0) is 36.6 Å². The van der Waals surface area contributed by atoms with E-state index in [1.54, 1.807) is 24.3 Å². The van der Waals surface area contributed by atoms with Crippen molar-refractivity contribution in [3.05, 3.63) is 89.5 Å². The van der Waals surface area contributed by atoms with Crippen molar-refractivity contribution in [3.63, 3.8) is 0 Å². The van der Waals surface area contributed by atoms with E-state index in [2.05, 4.69) is 0 Å². The molecular formula is C21H20O3. The molecule has 0 aromatic heterocycles. The minimum atomic E-state index is -1.01. The SMILES string of the molecule is Cc1ccc(CC2(C(=O)O)C=CC(c3ccc(O)cc3)C=C2)cc1. The van der Waals surface area contributed by atoms with Gasteiger partial charge in [0.05, 0.1) is 0 Å². The van der Waals surface area contributed by atoms with Crippen LogP contribution in [0, 0.1) is 12.3 Å². The van der Waals surface area contributed by atoms with Gasteiger partial charge in [-0.15, -0.1) is 0 Å². The highest BCUT2D eigenvalue weighted by Crippen LogP contribution is 2.35. The van der Waals surface area contributed by atoms with E-state index in [1.807, 2.05) is 55.5 Å². The molecule has 0 atom stereocenters. The molecule has 0 heterocycles. The average molecular weight is 320 g/mol. The molecule has 0 fully saturated rings. The first-order valence-electron chi connectivity index (χ1n) is 7.95. The number of hydrogen-bond donors (Lipinski definition) is 2. The van der Waals surface area contributed by atoms with Gasteiger partial charge in [-0.3, -0.25) is 4.79 Å². The molecular weight excluding hydrogens is 300 g/mol. The minimum absolute atomic E-state index is 0.0242. The Hall–Kier alpha value is -2.81. The zero-order chi connectivity index (χ0) is 17.2. The van der Waals surface area contributed by atoms with Crippen molar-refractivity contribution in [2.24, 2.45) is 5.41 Å². The van der Waals surface area contributed by atoms with E-state index in [0.717, 1.165) is 16.7 Å². The minimum Gasteiger partial charge on any atom is -0.508 e. The van der Waals surface area contributed by atoms with Crippen molar-refractivity contribution in [2.75, 3.05) is 0 Å².